The van der Waals surface area contributed by atoms with Crippen molar-refractivity contribution in [1.82, 2.24) is 9.78 Å². The van der Waals surface area contributed by atoms with Gasteiger partial charge in [-0.2, -0.15) is 5.10 Å². The molecule has 0 saturated heterocycles. The summed E-state index contributed by atoms with van der Waals surface area (Å²) in [6.07, 6.45) is 3.80. The third-order valence-corrected chi connectivity index (χ3v) is 3.06. The van der Waals surface area contributed by atoms with E-state index in [1.807, 2.05) is 4.68 Å². The van der Waals surface area contributed by atoms with Gasteiger partial charge in [0.1, 0.15) is 0 Å². The summed E-state index contributed by atoms with van der Waals surface area (Å²) < 4.78 is 6.64. The molecule has 1 atom stereocenters. The van der Waals surface area contributed by atoms with E-state index < -0.39 is 0 Å². The Kier molecular flexibility index (Phi) is 2.81. The summed E-state index contributed by atoms with van der Waals surface area (Å²) in [5.41, 5.74) is 2.34. The monoisotopic (exact) mass is 220 g/mol. The second-order valence-corrected chi connectivity index (χ2v) is 4.30. The maximum Gasteiger partial charge on any atom is 0.337 e. The highest BCUT2D eigenvalue weighted by atomic mass is 16.5. The summed E-state index contributed by atoms with van der Waals surface area (Å²) in [6, 6.07) is 0. The molecule has 0 amide bonds. The van der Waals surface area contributed by atoms with Crippen LogP contribution in [0.1, 0.15) is 24.6 Å². The van der Waals surface area contributed by atoms with Gasteiger partial charge in [-0.3, -0.25) is 4.68 Å². The van der Waals surface area contributed by atoms with Crippen LogP contribution < -0.4 is 0 Å². The summed E-state index contributed by atoms with van der Waals surface area (Å²) in [7, 11) is 1.37. The largest absolute Gasteiger partial charge is 0.465 e. The van der Waals surface area contributed by atoms with Crippen LogP contribution >= 0.6 is 0 Å². The lowest BCUT2D eigenvalue weighted by atomic mass is 9.96. The van der Waals surface area contributed by atoms with Gasteiger partial charge in [-0.1, -0.05) is 13.5 Å². The number of carbonyl (C=O) groups excluding carboxylic acids is 1. The Morgan fingerprint density at radius 3 is 3.12 bits per heavy atom. The van der Waals surface area contributed by atoms with E-state index in [1.165, 1.54) is 7.11 Å². The highest BCUT2D eigenvalue weighted by Gasteiger charge is 2.22. The van der Waals surface area contributed by atoms with Crippen molar-refractivity contribution in [3.63, 3.8) is 0 Å². The molecule has 0 bridgehead atoms. The van der Waals surface area contributed by atoms with E-state index in [-0.39, 0.29) is 5.97 Å². The van der Waals surface area contributed by atoms with Gasteiger partial charge in [0.05, 0.1) is 18.9 Å². The number of ether oxygens (including phenoxy) is 1. The molecule has 0 unspecified atom stereocenters. The number of nitrogens with zero attached hydrogens (tertiary/aromatic N) is 2. The quantitative estimate of drug-likeness (QED) is 0.562. The van der Waals surface area contributed by atoms with Crippen molar-refractivity contribution in [2.75, 3.05) is 7.11 Å². The van der Waals surface area contributed by atoms with Crippen molar-refractivity contribution in [3.05, 3.63) is 24.0 Å². The second-order valence-electron chi connectivity index (χ2n) is 4.30. The number of hydrogen-bond donors (Lipinski definition) is 0. The average Bonchev–Trinajstić information content (AvgIpc) is 2.69. The van der Waals surface area contributed by atoms with Crippen molar-refractivity contribution < 1.29 is 9.53 Å². The first-order valence-corrected chi connectivity index (χ1v) is 5.45. The van der Waals surface area contributed by atoms with Gasteiger partial charge in [-0.05, 0) is 18.8 Å². The van der Waals surface area contributed by atoms with Crippen molar-refractivity contribution in [2.24, 2.45) is 5.92 Å². The Morgan fingerprint density at radius 2 is 2.44 bits per heavy atom. The predicted octanol–water partition coefficient (Wildman–Crippen LogP) is 1.65. The molecule has 4 nitrogen and oxygen atoms in total. The van der Waals surface area contributed by atoms with Crippen molar-refractivity contribution >= 4 is 11.5 Å². The van der Waals surface area contributed by atoms with Crippen LogP contribution in [0.5, 0.6) is 0 Å². The van der Waals surface area contributed by atoms with E-state index in [1.54, 1.807) is 6.20 Å². The number of aromatic nitrogens is 2. The molecule has 2 heterocycles. The van der Waals surface area contributed by atoms with Gasteiger partial charge in [-0.15, -0.1) is 0 Å². The Balaban J connectivity index is 2.31. The van der Waals surface area contributed by atoms with Crippen LogP contribution in [0.15, 0.2) is 12.8 Å². The zero-order valence-corrected chi connectivity index (χ0v) is 9.69. The average molecular weight is 220 g/mol. The van der Waals surface area contributed by atoms with Gasteiger partial charge >= 0.3 is 5.97 Å². The van der Waals surface area contributed by atoms with E-state index in [4.69, 9.17) is 0 Å². The van der Waals surface area contributed by atoms with Crippen LogP contribution in [0.4, 0.5) is 0 Å². The van der Waals surface area contributed by atoms with Crippen LogP contribution in [0.25, 0.3) is 5.57 Å². The Labute approximate surface area is 94.9 Å². The third-order valence-electron chi connectivity index (χ3n) is 3.06. The molecular formula is C12H16N2O2. The lowest BCUT2D eigenvalue weighted by Crippen LogP contribution is -2.19. The standard InChI is InChI=1S/C12H16N2O2/c1-8-4-5-11-10(6-13-14(11)7-8)9(2)12(15)16-3/h6,8H,2,4-5,7H2,1,3H3/t8-/m0/s1. The summed E-state index contributed by atoms with van der Waals surface area (Å²) >= 11 is 0. The lowest BCUT2D eigenvalue weighted by Gasteiger charge is -2.20. The maximum atomic E-state index is 11.4. The van der Waals surface area contributed by atoms with Gasteiger partial charge in [0.2, 0.25) is 0 Å². The van der Waals surface area contributed by atoms with Crippen molar-refractivity contribution in [3.8, 4) is 0 Å². The lowest BCUT2D eigenvalue weighted by molar-refractivity contribution is -0.133. The maximum absolute atomic E-state index is 11.4. The number of fused-ring (bicyclic) bond motifs is 1. The molecule has 0 N–H and O–H groups in total. The van der Waals surface area contributed by atoms with E-state index in [0.29, 0.717) is 11.5 Å². The van der Waals surface area contributed by atoms with E-state index in [0.717, 1.165) is 30.6 Å². The molecule has 1 aromatic rings. The van der Waals surface area contributed by atoms with Gasteiger partial charge < -0.3 is 4.74 Å². The van der Waals surface area contributed by atoms with Crippen LogP contribution in [-0.4, -0.2) is 22.9 Å². The zero-order valence-electron chi connectivity index (χ0n) is 9.69. The highest BCUT2D eigenvalue weighted by Crippen LogP contribution is 2.26. The molecule has 1 aliphatic rings. The number of esters is 1. The van der Waals surface area contributed by atoms with Crippen LogP contribution in [0, 0.1) is 5.92 Å². The molecule has 2 rings (SSSR count). The first-order valence-electron chi connectivity index (χ1n) is 5.45. The molecule has 0 radical (unpaired) electrons. The number of rotatable bonds is 2. The van der Waals surface area contributed by atoms with Crippen molar-refractivity contribution in [2.45, 2.75) is 26.3 Å². The summed E-state index contributed by atoms with van der Waals surface area (Å²) in [4.78, 5) is 11.4. The Morgan fingerprint density at radius 1 is 1.69 bits per heavy atom. The summed E-state index contributed by atoms with van der Waals surface area (Å²) in [6.45, 7) is 6.90. The topological polar surface area (TPSA) is 44.1 Å². The van der Waals surface area contributed by atoms with E-state index in [2.05, 4.69) is 23.3 Å². The smallest absolute Gasteiger partial charge is 0.337 e. The molecule has 0 fully saturated rings. The van der Waals surface area contributed by atoms with Gasteiger partial charge in [-0.25, -0.2) is 4.79 Å². The molecule has 1 aromatic heterocycles. The first kappa shape index (κ1) is 10.9. The second kappa shape index (κ2) is 4.12. The predicted molar refractivity (Wildman–Crippen MR) is 60.8 cm³/mol. The molecule has 0 aromatic carbocycles. The first-order chi connectivity index (χ1) is 7.63. The third kappa shape index (κ3) is 1.75. The minimum atomic E-state index is -0.380. The van der Waals surface area contributed by atoms with Gasteiger partial charge in [0.25, 0.3) is 0 Å². The molecule has 4 heteroatoms. The van der Waals surface area contributed by atoms with Crippen LogP contribution in [0.3, 0.4) is 0 Å². The van der Waals surface area contributed by atoms with E-state index >= 15 is 0 Å². The van der Waals surface area contributed by atoms with Crippen molar-refractivity contribution in [1.29, 1.82) is 0 Å². The molecule has 1 aliphatic heterocycles. The minimum Gasteiger partial charge on any atom is -0.465 e. The fraction of sp³-hybridized carbons (Fsp3) is 0.500. The fourth-order valence-corrected chi connectivity index (χ4v) is 2.09. The Bertz CT molecular complexity index is 434. The molecular weight excluding hydrogens is 204 g/mol. The van der Waals surface area contributed by atoms with Gasteiger partial charge in [0, 0.05) is 17.8 Å². The number of carbonyl (C=O) groups is 1. The molecule has 0 spiro atoms. The van der Waals surface area contributed by atoms with Crippen LogP contribution in [-0.2, 0) is 22.5 Å². The Hall–Kier alpha value is -1.58. The zero-order chi connectivity index (χ0) is 11.7. The minimum absolute atomic E-state index is 0.380. The fourth-order valence-electron chi connectivity index (χ4n) is 2.09. The molecule has 16 heavy (non-hydrogen) atoms. The SMILES string of the molecule is C=C(C(=O)OC)c1cnn2c1CC[C@H](C)C2. The number of hydrogen-bond acceptors (Lipinski definition) is 3. The molecule has 0 saturated carbocycles. The van der Waals surface area contributed by atoms with Crippen LogP contribution in [0.2, 0.25) is 0 Å². The summed E-state index contributed by atoms with van der Waals surface area (Å²) in [5, 5.41) is 4.29. The highest BCUT2D eigenvalue weighted by molar-refractivity contribution is 6.15. The van der Waals surface area contributed by atoms with E-state index in [9.17, 15) is 4.79 Å². The van der Waals surface area contributed by atoms with Gasteiger partial charge in [0.15, 0.2) is 0 Å². The normalized spacial score (nSPS) is 19.0. The number of methoxy groups -OCH3 is 1. The molecule has 0 aliphatic carbocycles. The molecule has 86 valence electrons. The summed E-state index contributed by atoms with van der Waals surface area (Å²) in [5.74, 6) is 0.265.